The summed E-state index contributed by atoms with van der Waals surface area (Å²) in [6, 6.07) is 0. The van der Waals surface area contributed by atoms with E-state index in [4.69, 9.17) is 9.97 Å². The Kier molecular flexibility index (Phi) is 5.14. The minimum Gasteiger partial charge on any atom is -0.312 e. The van der Waals surface area contributed by atoms with E-state index in [0.29, 0.717) is 11.8 Å². The number of aryl methyl sites for hydroxylation is 2. The van der Waals surface area contributed by atoms with Crippen LogP contribution in [0.15, 0.2) is 0 Å². The van der Waals surface area contributed by atoms with Gasteiger partial charge in [-0.25, -0.2) is 9.97 Å². The molecule has 2 unspecified atom stereocenters. The zero-order chi connectivity index (χ0) is 14.7. The van der Waals surface area contributed by atoms with Gasteiger partial charge in [-0.1, -0.05) is 20.8 Å². The molecule has 1 aliphatic carbocycles. The Morgan fingerprint density at radius 2 is 1.80 bits per heavy atom. The lowest BCUT2D eigenvalue weighted by Gasteiger charge is -2.15. The molecule has 1 aromatic heterocycles. The van der Waals surface area contributed by atoms with E-state index >= 15 is 0 Å². The molecule has 1 aliphatic rings. The largest absolute Gasteiger partial charge is 0.312 e. The quantitative estimate of drug-likeness (QED) is 0.889. The molecule has 0 bridgehead atoms. The SMILES string of the molecule is Cc1nc(C2CCC(C)C2)nc(C)c1CNCC(C)C. The van der Waals surface area contributed by atoms with Crippen molar-refractivity contribution < 1.29 is 0 Å². The normalized spacial score (nSPS) is 22.7. The fourth-order valence-electron chi connectivity index (χ4n) is 3.13. The molecular weight excluding hydrogens is 246 g/mol. The average Bonchev–Trinajstić information content (AvgIpc) is 2.79. The van der Waals surface area contributed by atoms with E-state index in [9.17, 15) is 0 Å². The van der Waals surface area contributed by atoms with Crippen LogP contribution in [0, 0.1) is 25.7 Å². The van der Waals surface area contributed by atoms with E-state index in [1.54, 1.807) is 0 Å². The minimum atomic E-state index is 0.583. The predicted octanol–water partition coefficient (Wildman–Crippen LogP) is 3.74. The van der Waals surface area contributed by atoms with Crippen molar-refractivity contribution in [3.63, 3.8) is 0 Å². The molecule has 1 aromatic rings. The maximum atomic E-state index is 4.80. The summed E-state index contributed by atoms with van der Waals surface area (Å²) in [5, 5.41) is 3.50. The van der Waals surface area contributed by atoms with Crippen molar-refractivity contribution in [1.29, 1.82) is 0 Å². The smallest absolute Gasteiger partial charge is 0.131 e. The Balaban J connectivity index is 2.08. The third kappa shape index (κ3) is 3.78. The number of nitrogens with one attached hydrogen (secondary N) is 1. The number of nitrogens with zero attached hydrogens (tertiary/aromatic N) is 2. The molecule has 0 aromatic carbocycles. The lowest BCUT2D eigenvalue weighted by molar-refractivity contribution is 0.546. The highest BCUT2D eigenvalue weighted by Crippen LogP contribution is 2.36. The first kappa shape index (κ1) is 15.4. The summed E-state index contributed by atoms with van der Waals surface area (Å²) in [5.74, 6) is 3.17. The lowest BCUT2D eigenvalue weighted by atomic mass is 10.0. The predicted molar refractivity (Wildman–Crippen MR) is 83.8 cm³/mol. The van der Waals surface area contributed by atoms with Crippen molar-refractivity contribution in [2.75, 3.05) is 6.54 Å². The molecule has 20 heavy (non-hydrogen) atoms. The Morgan fingerprint density at radius 1 is 1.15 bits per heavy atom. The first-order valence-electron chi connectivity index (χ1n) is 8.02. The molecule has 0 spiro atoms. The summed E-state index contributed by atoms with van der Waals surface area (Å²) in [6.07, 6.45) is 3.83. The van der Waals surface area contributed by atoms with Crippen LogP contribution in [0.1, 0.15) is 68.7 Å². The van der Waals surface area contributed by atoms with Gasteiger partial charge in [0.1, 0.15) is 5.82 Å². The monoisotopic (exact) mass is 275 g/mol. The average molecular weight is 275 g/mol. The van der Waals surface area contributed by atoms with Gasteiger partial charge in [0.2, 0.25) is 0 Å². The molecule has 3 nitrogen and oxygen atoms in total. The van der Waals surface area contributed by atoms with Gasteiger partial charge in [0.15, 0.2) is 0 Å². The second kappa shape index (κ2) is 6.66. The third-order valence-corrected chi connectivity index (χ3v) is 4.35. The van der Waals surface area contributed by atoms with Crippen LogP contribution in [0.25, 0.3) is 0 Å². The standard InChI is InChI=1S/C17H29N3/c1-11(2)9-18-10-16-13(4)19-17(20-14(16)5)15-7-6-12(3)8-15/h11-12,15,18H,6-10H2,1-5H3. The van der Waals surface area contributed by atoms with E-state index in [1.165, 1.54) is 24.8 Å². The van der Waals surface area contributed by atoms with Crippen molar-refractivity contribution in [3.05, 3.63) is 22.8 Å². The first-order chi connectivity index (χ1) is 9.47. The van der Waals surface area contributed by atoms with Crippen LogP contribution in [0.2, 0.25) is 0 Å². The Morgan fingerprint density at radius 3 is 2.30 bits per heavy atom. The molecule has 1 saturated carbocycles. The van der Waals surface area contributed by atoms with Gasteiger partial charge >= 0.3 is 0 Å². The summed E-state index contributed by atoms with van der Waals surface area (Å²) in [7, 11) is 0. The van der Waals surface area contributed by atoms with Crippen molar-refractivity contribution in [3.8, 4) is 0 Å². The molecule has 112 valence electrons. The first-order valence-corrected chi connectivity index (χ1v) is 8.02. The number of rotatable bonds is 5. The van der Waals surface area contributed by atoms with Crippen molar-refractivity contribution >= 4 is 0 Å². The Labute approximate surface area is 123 Å². The molecule has 0 amide bonds. The highest BCUT2D eigenvalue weighted by atomic mass is 14.9. The summed E-state index contributed by atoms with van der Waals surface area (Å²) >= 11 is 0. The van der Waals surface area contributed by atoms with Crippen LogP contribution >= 0.6 is 0 Å². The molecule has 2 atom stereocenters. The van der Waals surface area contributed by atoms with Gasteiger partial charge in [-0.2, -0.15) is 0 Å². The van der Waals surface area contributed by atoms with E-state index in [0.717, 1.165) is 36.2 Å². The van der Waals surface area contributed by atoms with Crippen molar-refractivity contribution in [2.24, 2.45) is 11.8 Å². The Hall–Kier alpha value is -0.960. The van der Waals surface area contributed by atoms with Crippen LogP contribution in [0.5, 0.6) is 0 Å². The zero-order valence-electron chi connectivity index (χ0n) is 13.7. The summed E-state index contributed by atoms with van der Waals surface area (Å²) in [6.45, 7) is 13.0. The van der Waals surface area contributed by atoms with Crippen LogP contribution in [0.3, 0.4) is 0 Å². The molecule has 3 heteroatoms. The summed E-state index contributed by atoms with van der Waals surface area (Å²) in [4.78, 5) is 9.59. The number of hydrogen-bond donors (Lipinski definition) is 1. The minimum absolute atomic E-state index is 0.583. The molecular formula is C17H29N3. The van der Waals surface area contributed by atoms with Gasteiger partial charge < -0.3 is 5.32 Å². The van der Waals surface area contributed by atoms with Crippen LogP contribution in [-0.4, -0.2) is 16.5 Å². The highest BCUT2D eigenvalue weighted by Gasteiger charge is 2.25. The maximum Gasteiger partial charge on any atom is 0.131 e. The van der Waals surface area contributed by atoms with Gasteiger partial charge in [-0.3, -0.25) is 0 Å². The van der Waals surface area contributed by atoms with Gasteiger partial charge in [0.05, 0.1) is 0 Å². The number of hydrogen-bond acceptors (Lipinski definition) is 3. The van der Waals surface area contributed by atoms with Crippen molar-refractivity contribution in [1.82, 2.24) is 15.3 Å². The molecule has 1 fully saturated rings. The lowest BCUT2D eigenvalue weighted by Crippen LogP contribution is -2.21. The second-order valence-electron chi connectivity index (χ2n) is 6.87. The number of aromatic nitrogens is 2. The fourth-order valence-corrected chi connectivity index (χ4v) is 3.13. The summed E-state index contributed by atoms with van der Waals surface area (Å²) < 4.78 is 0. The third-order valence-electron chi connectivity index (χ3n) is 4.35. The summed E-state index contributed by atoms with van der Waals surface area (Å²) in [5.41, 5.74) is 3.59. The van der Waals surface area contributed by atoms with Crippen LogP contribution < -0.4 is 5.32 Å². The van der Waals surface area contributed by atoms with Gasteiger partial charge in [0.25, 0.3) is 0 Å². The van der Waals surface area contributed by atoms with Crippen LogP contribution in [-0.2, 0) is 6.54 Å². The topological polar surface area (TPSA) is 37.8 Å². The highest BCUT2D eigenvalue weighted by molar-refractivity contribution is 5.25. The van der Waals surface area contributed by atoms with Gasteiger partial charge in [-0.15, -0.1) is 0 Å². The molecule has 1 heterocycles. The fraction of sp³-hybridized carbons (Fsp3) is 0.765. The van der Waals surface area contributed by atoms with Crippen molar-refractivity contribution in [2.45, 2.75) is 66.3 Å². The molecule has 0 saturated heterocycles. The second-order valence-corrected chi connectivity index (χ2v) is 6.87. The maximum absolute atomic E-state index is 4.80. The van der Waals surface area contributed by atoms with E-state index in [-0.39, 0.29) is 0 Å². The van der Waals surface area contributed by atoms with E-state index in [2.05, 4.69) is 39.9 Å². The van der Waals surface area contributed by atoms with Crippen LogP contribution in [0.4, 0.5) is 0 Å². The Bertz CT molecular complexity index is 431. The zero-order valence-corrected chi connectivity index (χ0v) is 13.7. The molecule has 2 rings (SSSR count). The van der Waals surface area contributed by atoms with E-state index < -0.39 is 0 Å². The van der Waals surface area contributed by atoms with Gasteiger partial charge in [0, 0.05) is 29.4 Å². The molecule has 0 aliphatic heterocycles. The van der Waals surface area contributed by atoms with Gasteiger partial charge in [-0.05, 0) is 51.5 Å². The molecule has 1 N–H and O–H groups in total. The molecule has 0 radical (unpaired) electrons. The van der Waals surface area contributed by atoms with E-state index in [1.807, 2.05) is 0 Å².